The van der Waals surface area contributed by atoms with E-state index in [1.807, 2.05) is 0 Å². The SMILES string of the molecule is Cn1ncc(Cl)c1-c1cc(C(=O)NN2CCN(CC(F)(F)F)C2=O)on1. The zero-order chi connectivity index (χ0) is 19.1. The fourth-order valence-electron chi connectivity index (χ4n) is 2.42. The van der Waals surface area contributed by atoms with Crippen LogP contribution >= 0.6 is 11.6 Å². The number of hydrogen-bond donors (Lipinski definition) is 1. The molecule has 1 aliphatic rings. The van der Waals surface area contributed by atoms with Crippen molar-refractivity contribution in [3.8, 4) is 11.4 Å². The Morgan fingerprint density at radius 2 is 2.15 bits per heavy atom. The molecule has 2 aromatic heterocycles. The van der Waals surface area contributed by atoms with Crippen molar-refractivity contribution in [2.75, 3.05) is 19.6 Å². The van der Waals surface area contributed by atoms with Crippen LogP contribution in [0.2, 0.25) is 5.02 Å². The van der Waals surface area contributed by atoms with Gasteiger partial charge in [-0.05, 0) is 0 Å². The first-order valence-electron chi connectivity index (χ1n) is 7.24. The highest BCUT2D eigenvalue weighted by Gasteiger charge is 2.38. The number of urea groups is 1. The maximum atomic E-state index is 12.4. The summed E-state index contributed by atoms with van der Waals surface area (Å²) in [7, 11) is 1.62. The number of hydrogen-bond acceptors (Lipinski definition) is 5. The van der Waals surface area contributed by atoms with Crippen LogP contribution in [0.5, 0.6) is 0 Å². The Hall–Kier alpha value is -2.76. The number of alkyl halides is 3. The van der Waals surface area contributed by atoms with Crippen molar-refractivity contribution in [3.63, 3.8) is 0 Å². The maximum absolute atomic E-state index is 12.4. The molecule has 0 radical (unpaired) electrons. The van der Waals surface area contributed by atoms with E-state index in [2.05, 4.69) is 15.7 Å². The van der Waals surface area contributed by atoms with Gasteiger partial charge in [0.1, 0.15) is 17.9 Å². The average Bonchev–Trinajstić information content (AvgIpc) is 3.22. The van der Waals surface area contributed by atoms with Crippen molar-refractivity contribution in [1.29, 1.82) is 0 Å². The number of carbonyl (C=O) groups excluding carboxylic acids is 2. The molecule has 1 fully saturated rings. The van der Waals surface area contributed by atoms with Gasteiger partial charge >= 0.3 is 18.1 Å². The zero-order valence-corrected chi connectivity index (χ0v) is 14.0. The lowest BCUT2D eigenvalue weighted by molar-refractivity contribution is -0.138. The molecule has 3 rings (SSSR count). The lowest BCUT2D eigenvalue weighted by atomic mass is 10.3. The van der Waals surface area contributed by atoms with Crippen LogP contribution in [0.25, 0.3) is 11.4 Å². The Morgan fingerprint density at radius 1 is 1.42 bits per heavy atom. The lowest BCUT2D eigenvalue weighted by Crippen LogP contribution is -2.46. The van der Waals surface area contributed by atoms with Gasteiger partial charge in [-0.15, -0.1) is 0 Å². The van der Waals surface area contributed by atoms with Gasteiger partial charge in [-0.25, -0.2) is 9.80 Å². The number of amides is 3. The van der Waals surface area contributed by atoms with E-state index in [-0.39, 0.29) is 24.5 Å². The predicted octanol–water partition coefficient (Wildman–Crippen LogP) is 1.67. The monoisotopic (exact) mass is 392 g/mol. The summed E-state index contributed by atoms with van der Waals surface area (Å²) >= 11 is 5.98. The molecule has 3 heterocycles. The van der Waals surface area contributed by atoms with Crippen LogP contribution in [0.3, 0.4) is 0 Å². The van der Waals surface area contributed by atoms with E-state index in [1.54, 1.807) is 7.05 Å². The van der Waals surface area contributed by atoms with Gasteiger partial charge in [0.15, 0.2) is 0 Å². The van der Waals surface area contributed by atoms with Gasteiger partial charge in [-0.2, -0.15) is 18.3 Å². The number of nitrogens with zero attached hydrogens (tertiary/aromatic N) is 5. The van der Waals surface area contributed by atoms with Crippen LogP contribution in [0.15, 0.2) is 16.8 Å². The lowest BCUT2D eigenvalue weighted by Gasteiger charge is -2.19. The predicted molar refractivity (Wildman–Crippen MR) is 80.9 cm³/mol. The van der Waals surface area contributed by atoms with Gasteiger partial charge < -0.3 is 9.42 Å². The number of nitrogens with one attached hydrogen (secondary N) is 1. The number of aromatic nitrogens is 3. The van der Waals surface area contributed by atoms with Gasteiger partial charge in [0, 0.05) is 19.7 Å². The first-order chi connectivity index (χ1) is 12.2. The molecule has 3 amide bonds. The van der Waals surface area contributed by atoms with Crippen LogP contribution in [0.1, 0.15) is 10.6 Å². The standard InChI is InChI=1S/C13H12ClF3N6O3/c1-21-10(7(14)5-18-21)8-4-9(26-20-8)11(24)19-23-3-2-22(12(23)25)6-13(15,16)17/h4-5H,2-3,6H2,1H3,(H,19,24). The highest BCUT2D eigenvalue weighted by Crippen LogP contribution is 2.26. The number of halogens is 4. The summed E-state index contributed by atoms with van der Waals surface area (Å²) in [4.78, 5) is 24.6. The van der Waals surface area contributed by atoms with Crippen LogP contribution < -0.4 is 5.43 Å². The molecular weight excluding hydrogens is 381 g/mol. The summed E-state index contributed by atoms with van der Waals surface area (Å²) in [6.45, 7) is -1.64. The molecule has 0 bridgehead atoms. The number of rotatable bonds is 4. The third-order valence-corrected chi connectivity index (χ3v) is 3.85. The minimum absolute atomic E-state index is 0.0881. The molecule has 0 aliphatic carbocycles. The molecule has 1 saturated heterocycles. The molecule has 140 valence electrons. The second-order valence-corrected chi connectivity index (χ2v) is 5.86. The Bertz CT molecular complexity index is 829. The number of aryl methyl sites for hydroxylation is 1. The van der Waals surface area contributed by atoms with Gasteiger partial charge in [0.25, 0.3) is 0 Å². The second-order valence-electron chi connectivity index (χ2n) is 5.45. The van der Waals surface area contributed by atoms with E-state index in [1.165, 1.54) is 16.9 Å². The molecule has 9 nitrogen and oxygen atoms in total. The normalized spacial score (nSPS) is 15.0. The summed E-state index contributed by atoms with van der Waals surface area (Å²) in [5.74, 6) is -1.07. The fraction of sp³-hybridized carbons (Fsp3) is 0.385. The maximum Gasteiger partial charge on any atom is 0.406 e. The van der Waals surface area contributed by atoms with Crippen LogP contribution in [-0.2, 0) is 7.05 Å². The van der Waals surface area contributed by atoms with E-state index >= 15 is 0 Å². The Morgan fingerprint density at radius 3 is 2.77 bits per heavy atom. The molecule has 2 aromatic rings. The van der Waals surface area contributed by atoms with E-state index in [0.29, 0.717) is 15.6 Å². The largest absolute Gasteiger partial charge is 0.406 e. The summed E-state index contributed by atoms with van der Waals surface area (Å²) in [6, 6.07) is 0.330. The van der Waals surface area contributed by atoms with Crippen molar-refractivity contribution >= 4 is 23.5 Å². The summed E-state index contributed by atoms with van der Waals surface area (Å²) < 4.78 is 43.5. The highest BCUT2D eigenvalue weighted by atomic mass is 35.5. The highest BCUT2D eigenvalue weighted by molar-refractivity contribution is 6.32. The summed E-state index contributed by atoms with van der Waals surface area (Å²) in [5.41, 5.74) is 2.86. The first kappa shape index (κ1) is 18.0. The second kappa shape index (κ2) is 6.52. The van der Waals surface area contributed by atoms with Gasteiger partial charge in [0.2, 0.25) is 5.76 Å². The quantitative estimate of drug-likeness (QED) is 0.853. The van der Waals surface area contributed by atoms with Crippen molar-refractivity contribution in [2.24, 2.45) is 7.05 Å². The number of hydrazine groups is 1. The van der Waals surface area contributed by atoms with Crippen LogP contribution in [0.4, 0.5) is 18.0 Å². The Labute approximate surface area is 149 Å². The first-order valence-corrected chi connectivity index (χ1v) is 7.62. The van der Waals surface area contributed by atoms with Crippen molar-refractivity contribution in [2.45, 2.75) is 6.18 Å². The van der Waals surface area contributed by atoms with Crippen molar-refractivity contribution < 1.29 is 27.3 Å². The molecule has 0 atom stereocenters. The van der Waals surface area contributed by atoms with Crippen LogP contribution in [-0.4, -0.2) is 62.6 Å². The minimum Gasteiger partial charge on any atom is -0.350 e. The molecule has 0 spiro atoms. The summed E-state index contributed by atoms with van der Waals surface area (Å²) in [5, 5.41) is 8.73. The minimum atomic E-state index is -4.52. The Balaban J connectivity index is 1.67. The van der Waals surface area contributed by atoms with E-state index < -0.39 is 24.7 Å². The molecule has 26 heavy (non-hydrogen) atoms. The molecule has 0 saturated carbocycles. The number of carbonyl (C=O) groups is 2. The van der Waals surface area contributed by atoms with Crippen molar-refractivity contribution in [1.82, 2.24) is 30.3 Å². The van der Waals surface area contributed by atoms with E-state index in [4.69, 9.17) is 16.1 Å². The molecule has 1 N–H and O–H groups in total. The average molecular weight is 393 g/mol. The van der Waals surface area contributed by atoms with Crippen LogP contribution in [0, 0.1) is 0 Å². The van der Waals surface area contributed by atoms with E-state index in [9.17, 15) is 22.8 Å². The van der Waals surface area contributed by atoms with Crippen molar-refractivity contribution in [3.05, 3.63) is 23.0 Å². The smallest absolute Gasteiger partial charge is 0.350 e. The molecular formula is C13H12ClF3N6O3. The molecule has 13 heteroatoms. The Kier molecular flexibility index (Phi) is 4.52. The molecule has 1 aliphatic heterocycles. The van der Waals surface area contributed by atoms with Gasteiger partial charge in [-0.1, -0.05) is 16.8 Å². The molecule has 0 aromatic carbocycles. The van der Waals surface area contributed by atoms with Gasteiger partial charge in [0.05, 0.1) is 17.8 Å². The topological polar surface area (TPSA) is 96.5 Å². The molecule has 0 unspecified atom stereocenters. The zero-order valence-electron chi connectivity index (χ0n) is 13.2. The van der Waals surface area contributed by atoms with E-state index in [0.717, 1.165) is 5.01 Å². The van der Waals surface area contributed by atoms with Gasteiger partial charge in [-0.3, -0.25) is 14.9 Å². The summed E-state index contributed by atoms with van der Waals surface area (Å²) in [6.07, 6.45) is -3.12. The fourth-order valence-corrected chi connectivity index (χ4v) is 2.68. The third kappa shape index (κ3) is 3.59. The third-order valence-electron chi connectivity index (χ3n) is 3.57.